The summed E-state index contributed by atoms with van der Waals surface area (Å²) >= 11 is 0. The lowest BCUT2D eigenvalue weighted by Gasteiger charge is -2.45. The number of carbonyl (C=O) groups excluding carboxylic acids is 8. The van der Waals surface area contributed by atoms with Gasteiger partial charge in [-0.25, -0.2) is 34.1 Å². The highest BCUT2D eigenvalue weighted by Crippen LogP contribution is 2.46. The second kappa shape index (κ2) is 34.1. The Kier molecular flexibility index (Phi) is 27.5. The minimum atomic E-state index is -1.47. The molecule has 100 heavy (non-hydrogen) atoms. The lowest BCUT2D eigenvalue weighted by atomic mass is 9.70. The molecule has 0 aliphatic carbocycles. The molecular formula is C76H115N7O17. The Morgan fingerprint density at radius 2 is 1.23 bits per heavy atom. The molecular weight excluding hydrogens is 1280 g/mol. The normalized spacial score (nSPS) is 36.3. The molecule has 2 unspecified atom stereocenters. The van der Waals surface area contributed by atoms with Crippen LogP contribution >= 0.6 is 0 Å². The van der Waals surface area contributed by atoms with Gasteiger partial charge < -0.3 is 52.5 Å². The number of esters is 2. The standard InChI is InChI=1S/C41H61N5O9.C35H54N2O8/c1-10-33-41(11-2)32(46(39(51)55-41)15-13-12-14-45-21-30(44-23-45)29-19-42-22-43-20-29)17-31(47)25(4)18-40(8,9)36(27(6)35(49)28(7)37(50)53-33)54-38-34(48)24(3)16-26(5)52-38;1-12-27-35(13-2,45-33(41)37-15-14-36-19-37)18-22(5)28(38)21(4)17-34(10,11)30(25(8)29(39)26(9)31(40)43-27)44-32-24(7)20(3)16-23(6)42-32/h19-28,32-34,36,38,48H,10-18H2,1-9H3;14-15,18-21,23-27,30,32H,12-13,16-17H2,1-11H3/b;22-18+/t24-,25+,26+,27-,28+,32+,33+,34+,36+,38?,41-;20-,21+,23+,24+,25-,26+,27+,30+,32?,35-/m00/s1. The Balaban J connectivity index is 0.000000287. The quantitative estimate of drug-likeness (QED) is 0.0640. The third-order valence-corrected chi connectivity index (χ3v) is 22.2. The summed E-state index contributed by atoms with van der Waals surface area (Å²) in [6, 6.07) is -0.701. The first-order valence-electron chi connectivity index (χ1n) is 36.5. The summed E-state index contributed by atoms with van der Waals surface area (Å²) in [7, 11) is 0. The van der Waals surface area contributed by atoms with Crippen molar-refractivity contribution in [3.63, 3.8) is 0 Å². The van der Waals surface area contributed by atoms with Crippen molar-refractivity contribution in [1.29, 1.82) is 0 Å². The third-order valence-electron chi connectivity index (χ3n) is 22.2. The van der Waals surface area contributed by atoms with Gasteiger partial charge in [0, 0.05) is 85.6 Å². The minimum Gasteiger partial charge on any atom is -0.457 e. The van der Waals surface area contributed by atoms with Crippen LogP contribution in [0.2, 0.25) is 0 Å². The predicted molar refractivity (Wildman–Crippen MR) is 371 cm³/mol. The van der Waals surface area contributed by atoms with Crippen LogP contribution in [0.3, 0.4) is 0 Å². The van der Waals surface area contributed by atoms with Crippen LogP contribution in [0.25, 0.3) is 11.3 Å². The third kappa shape index (κ3) is 18.4. The molecule has 0 spiro atoms. The summed E-state index contributed by atoms with van der Waals surface area (Å²) in [5.41, 5.74) is -2.22. The average molecular weight is 1400 g/mol. The molecule has 24 heteroatoms. The molecule has 4 saturated heterocycles. The molecule has 0 radical (unpaired) electrons. The van der Waals surface area contributed by atoms with Crippen molar-refractivity contribution in [2.24, 2.45) is 64.1 Å². The predicted octanol–water partition coefficient (Wildman–Crippen LogP) is 12.3. The molecule has 8 rings (SSSR count). The fourth-order valence-electron chi connectivity index (χ4n) is 16.2. The highest BCUT2D eigenvalue weighted by molar-refractivity contribution is 6.01. The zero-order valence-corrected chi connectivity index (χ0v) is 63.0. The number of ether oxygens (including phenoxy) is 8. The Morgan fingerprint density at radius 3 is 1.79 bits per heavy atom. The maximum absolute atomic E-state index is 14.4. The summed E-state index contributed by atoms with van der Waals surface area (Å²) in [6.07, 6.45) is 12.0. The fourth-order valence-corrected chi connectivity index (χ4v) is 16.2. The second-order valence-electron chi connectivity index (χ2n) is 30.9. The van der Waals surface area contributed by atoms with Crippen molar-refractivity contribution in [3.8, 4) is 11.3 Å². The van der Waals surface area contributed by atoms with E-state index in [4.69, 9.17) is 37.9 Å². The van der Waals surface area contributed by atoms with Gasteiger partial charge in [0.05, 0.1) is 42.5 Å². The van der Waals surface area contributed by atoms with Gasteiger partial charge in [0.2, 0.25) is 0 Å². The van der Waals surface area contributed by atoms with Crippen LogP contribution in [-0.2, 0) is 73.2 Å². The Bertz CT molecular complexity index is 3320. The van der Waals surface area contributed by atoms with E-state index in [0.29, 0.717) is 63.1 Å². The van der Waals surface area contributed by atoms with Crippen molar-refractivity contribution in [2.75, 3.05) is 6.54 Å². The molecule has 556 valence electrons. The molecule has 1 N–H and O–H groups in total. The van der Waals surface area contributed by atoms with Crippen LogP contribution in [-0.4, -0.2) is 165 Å². The van der Waals surface area contributed by atoms with E-state index in [2.05, 4.69) is 33.8 Å². The van der Waals surface area contributed by atoms with Gasteiger partial charge >= 0.3 is 24.1 Å². The fraction of sp³-hybridized carbons (Fsp3) is 0.737. The van der Waals surface area contributed by atoms with E-state index in [0.717, 1.165) is 24.1 Å². The van der Waals surface area contributed by atoms with Crippen molar-refractivity contribution in [2.45, 2.75) is 288 Å². The lowest BCUT2D eigenvalue weighted by Crippen LogP contribution is -2.56. The second-order valence-corrected chi connectivity index (χ2v) is 30.9. The largest absolute Gasteiger partial charge is 0.457 e. The van der Waals surface area contributed by atoms with Gasteiger partial charge in [-0.1, -0.05) is 104 Å². The molecule has 8 heterocycles. The number of hydrogen-bond donors (Lipinski definition) is 1. The number of allylic oxidation sites excluding steroid dienone is 1. The zero-order valence-electron chi connectivity index (χ0n) is 63.0. The number of rotatable bonds is 15. The van der Waals surface area contributed by atoms with Crippen molar-refractivity contribution < 1.29 is 81.4 Å². The maximum atomic E-state index is 14.4. The van der Waals surface area contributed by atoms with E-state index in [9.17, 15) is 43.5 Å². The van der Waals surface area contributed by atoms with E-state index in [1.807, 2.05) is 86.9 Å². The highest BCUT2D eigenvalue weighted by Gasteiger charge is 2.60. The number of unbranched alkanes of at least 4 members (excludes halogenated alkanes) is 1. The first kappa shape index (κ1) is 80.7. The van der Waals surface area contributed by atoms with Crippen LogP contribution in [0, 0.1) is 64.1 Å². The minimum absolute atomic E-state index is 0.00343. The maximum Gasteiger partial charge on any atom is 0.420 e. The van der Waals surface area contributed by atoms with E-state index >= 15 is 0 Å². The van der Waals surface area contributed by atoms with Crippen LogP contribution < -0.4 is 0 Å². The lowest BCUT2D eigenvalue weighted by molar-refractivity contribution is -0.284. The molecule has 24 nitrogen and oxygen atoms in total. The number of aromatic nitrogens is 6. The molecule has 0 bridgehead atoms. The topological polar surface area (TPSA) is 295 Å². The number of Topliss-reactive ketones (excluding diaryl/α,β-unsaturated/α-hetero) is 4. The first-order chi connectivity index (χ1) is 47.0. The number of ketones is 4. The van der Waals surface area contributed by atoms with Crippen LogP contribution in [0.5, 0.6) is 0 Å². The molecule has 0 aromatic carbocycles. The van der Waals surface area contributed by atoms with E-state index < -0.39 is 131 Å². The van der Waals surface area contributed by atoms with Gasteiger partial charge in [-0.05, 0) is 133 Å². The Morgan fingerprint density at radius 1 is 0.680 bits per heavy atom. The number of nitrogens with zero attached hydrogens (tertiary/aromatic N) is 7. The summed E-state index contributed by atoms with van der Waals surface area (Å²) in [5, 5.41) is 11.1. The van der Waals surface area contributed by atoms with Gasteiger partial charge in [0.25, 0.3) is 0 Å². The molecule has 5 aliphatic rings. The number of hydrogen-bond acceptors (Lipinski definition) is 21. The van der Waals surface area contributed by atoms with Gasteiger partial charge in [0.1, 0.15) is 48.6 Å². The number of aliphatic hydroxyl groups excluding tert-OH is 1. The number of aryl methyl sites for hydroxylation is 1. The number of cyclic esters (lactones) is 2. The summed E-state index contributed by atoms with van der Waals surface area (Å²) in [5.74, 6) is -6.69. The summed E-state index contributed by atoms with van der Waals surface area (Å²) in [4.78, 5) is 129. The van der Waals surface area contributed by atoms with Gasteiger partial charge in [-0.2, -0.15) is 0 Å². The summed E-state index contributed by atoms with van der Waals surface area (Å²) < 4.78 is 53.2. The van der Waals surface area contributed by atoms with Crippen molar-refractivity contribution in [3.05, 3.63) is 61.6 Å². The number of aliphatic hydroxyl groups is 1. The van der Waals surface area contributed by atoms with Crippen molar-refractivity contribution >= 4 is 47.3 Å². The van der Waals surface area contributed by atoms with E-state index in [1.54, 1.807) is 71.2 Å². The van der Waals surface area contributed by atoms with Crippen molar-refractivity contribution in [1.82, 2.24) is 34.0 Å². The number of imidazole rings is 2. The molecule has 3 aromatic rings. The average Bonchev–Trinajstić information content (AvgIpc) is 1.60. The first-order valence-corrected chi connectivity index (χ1v) is 36.5. The number of amides is 1. The highest BCUT2D eigenvalue weighted by atomic mass is 16.7. The Hall–Kier alpha value is -6.60. The van der Waals surface area contributed by atoms with Gasteiger partial charge in [-0.15, -0.1) is 0 Å². The van der Waals surface area contributed by atoms with Gasteiger partial charge in [-0.3, -0.25) is 28.8 Å². The van der Waals surface area contributed by atoms with Crippen LogP contribution in [0.1, 0.15) is 209 Å². The molecule has 0 saturated carbocycles. The monoisotopic (exact) mass is 1400 g/mol. The number of fused-ring (bicyclic) bond motifs is 1. The summed E-state index contributed by atoms with van der Waals surface area (Å²) in [6.45, 7) is 38.3. The Labute approximate surface area is 591 Å². The SMILES string of the molecule is CC[C@H]1OC(=O)[C@H](C)C(=O)[C@H](C)[C@@H](OC2O[C@H](C)C[C@H](C)[C@H]2C)C(C)(C)C[C@@H](C)C(=O)/C(C)=C/[C@]1(CC)OC(=O)n1ccnc1.CC[C@H]1OC(=O)[C@H](C)C(=O)[C@H](C)[C@@H](OC2O[C@H](C)C[C@H](C)[C@H]2O)C(C)(C)C[C@@H](C)C(=O)C[C@H]2N(CCCCn3cnc(-c4cncnc4)c3)C(=O)O[C@]12CC. The smallest absolute Gasteiger partial charge is 0.420 e. The van der Waals surface area contributed by atoms with Crippen LogP contribution in [0.4, 0.5) is 9.59 Å². The van der Waals surface area contributed by atoms with E-state index in [-0.39, 0.29) is 66.4 Å². The van der Waals surface area contributed by atoms with Crippen LogP contribution in [0.15, 0.2) is 61.6 Å². The molecule has 1 amide bonds. The zero-order chi connectivity index (χ0) is 74.1. The number of carbonyl (C=O) groups is 8. The molecule has 5 aliphatic heterocycles. The molecule has 4 fully saturated rings. The van der Waals surface area contributed by atoms with Gasteiger partial charge in [0.15, 0.2) is 41.1 Å². The molecule has 3 aromatic heterocycles. The molecule has 21 atom stereocenters. The van der Waals surface area contributed by atoms with E-state index in [1.165, 1.54) is 36.5 Å².